The maximum Gasteiger partial charge on any atom is 0.317 e. The lowest BCUT2D eigenvalue weighted by molar-refractivity contribution is -0.133. The number of carbonyl (C=O) groups is 2. The summed E-state index contributed by atoms with van der Waals surface area (Å²) in [5.74, 6) is 2.05. The summed E-state index contributed by atoms with van der Waals surface area (Å²) in [5, 5.41) is 3.02. The standard InChI is InChI=1S/C20H35N3O2/c1-15-12-16(2)14-22(13-15)19(24)9-10-21-20(25)23-11-5-7-17-6-3-4-8-18(17)23/h15-18H,3-14H2,1-2H3,(H,21,25). The van der Waals surface area contributed by atoms with Crippen molar-refractivity contribution in [2.75, 3.05) is 26.2 Å². The molecule has 0 bridgehead atoms. The largest absolute Gasteiger partial charge is 0.342 e. The average Bonchev–Trinajstić information content (AvgIpc) is 2.60. The molecule has 5 heteroatoms. The third-order valence-electron chi connectivity index (χ3n) is 6.34. The summed E-state index contributed by atoms with van der Waals surface area (Å²) in [5.41, 5.74) is 0. The molecule has 1 aliphatic carbocycles. The number of nitrogens with zero attached hydrogens (tertiary/aromatic N) is 2. The van der Waals surface area contributed by atoms with Gasteiger partial charge >= 0.3 is 6.03 Å². The Hall–Kier alpha value is -1.26. The molecule has 25 heavy (non-hydrogen) atoms. The lowest BCUT2D eigenvalue weighted by Gasteiger charge is -2.44. The van der Waals surface area contributed by atoms with Crippen molar-refractivity contribution >= 4 is 11.9 Å². The van der Waals surface area contributed by atoms with Crippen molar-refractivity contribution < 1.29 is 9.59 Å². The van der Waals surface area contributed by atoms with Crippen LogP contribution >= 0.6 is 0 Å². The number of hydrogen-bond donors (Lipinski definition) is 1. The van der Waals surface area contributed by atoms with Gasteiger partial charge in [-0.25, -0.2) is 4.79 Å². The number of piperidine rings is 2. The van der Waals surface area contributed by atoms with E-state index >= 15 is 0 Å². The van der Waals surface area contributed by atoms with Gasteiger partial charge in [0.2, 0.25) is 5.91 Å². The number of likely N-dealkylation sites (tertiary alicyclic amines) is 2. The van der Waals surface area contributed by atoms with Crippen LogP contribution in [0, 0.1) is 17.8 Å². The zero-order valence-corrected chi connectivity index (χ0v) is 16.0. The first-order valence-electron chi connectivity index (χ1n) is 10.4. The van der Waals surface area contributed by atoms with E-state index in [0.717, 1.165) is 32.5 Å². The number of urea groups is 1. The smallest absolute Gasteiger partial charge is 0.317 e. The molecule has 2 heterocycles. The second-order valence-electron chi connectivity index (χ2n) is 8.67. The van der Waals surface area contributed by atoms with Crippen LogP contribution in [0.2, 0.25) is 0 Å². The summed E-state index contributed by atoms with van der Waals surface area (Å²) in [7, 11) is 0. The fourth-order valence-corrected chi connectivity index (χ4v) is 5.28. The summed E-state index contributed by atoms with van der Waals surface area (Å²) < 4.78 is 0. The highest BCUT2D eigenvalue weighted by molar-refractivity contribution is 5.78. The van der Waals surface area contributed by atoms with Crippen molar-refractivity contribution in [3.63, 3.8) is 0 Å². The summed E-state index contributed by atoms with van der Waals surface area (Å²) in [6.07, 6.45) is 9.02. The van der Waals surface area contributed by atoms with E-state index in [4.69, 9.17) is 0 Å². The van der Waals surface area contributed by atoms with Gasteiger partial charge in [-0.1, -0.05) is 26.7 Å². The van der Waals surface area contributed by atoms with Gasteiger partial charge < -0.3 is 15.1 Å². The predicted octanol–water partition coefficient (Wildman–Crippen LogP) is 3.25. The van der Waals surface area contributed by atoms with Crippen LogP contribution < -0.4 is 5.32 Å². The summed E-state index contributed by atoms with van der Waals surface area (Å²) in [6, 6.07) is 0.478. The molecule has 0 aromatic carbocycles. The van der Waals surface area contributed by atoms with Crippen LogP contribution in [0.15, 0.2) is 0 Å². The van der Waals surface area contributed by atoms with Crippen LogP contribution in [0.5, 0.6) is 0 Å². The van der Waals surface area contributed by atoms with Gasteiger partial charge in [0.15, 0.2) is 0 Å². The molecule has 2 saturated heterocycles. The molecule has 142 valence electrons. The van der Waals surface area contributed by atoms with E-state index in [1.165, 1.54) is 32.1 Å². The first kappa shape index (κ1) is 18.5. The monoisotopic (exact) mass is 349 g/mol. The maximum absolute atomic E-state index is 12.6. The number of amides is 3. The average molecular weight is 350 g/mol. The van der Waals surface area contributed by atoms with Crippen LogP contribution in [0.4, 0.5) is 4.79 Å². The number of rotatable bonds is 3. The Balaban J connectivity index is 1.43. The Morgan fingerprint density at radius 2 is 1.68 bits per heavy atom. The normalized spacial score (nSPS) is 32.9. The lowest BCUT2D eigenvalue weighted by atomic mass is 9.78. The molecule has 0 aromatic rings. The Bertz CT molecular complexity index is 470. The lowest BCUT2D eigenvalue weighted by Crippen LogP contribution is -2.53. The fourth-order valence-electron chi connectivity index (χ4n) is 5.28. The number of carbonyl (C=O) groups excluding carboxylic acids is 2. The number of nitrogens with one attached hydrogen (secondary N) is 1. The molecule has 5 nitrogen and oxygen atoms in total. The molecule has 0 aromatic heterocycles. The summed E-state index contributed by atoms with van der Waals surface area (Å²) >= 11 is 0. The minimum absolute atomic E-state index is 0.0461. The van der Waals surface area contributed by atoms with Crippen molar-refractivity contribution in [3.8, 4) is 0 Å². The van der Waals surface area contributed by atoms with Gasteiger partial charge in [-0.05, 0) is 49.9 Å². The molecule has 4 atom stereocenters. The minimum atomic E-state index is 0.0461. The molecular weight excluding hydrogens is 314 g/mol. The highest BCUT2D eigenvalue weighted by atomic mass is 16.2. The second kappa shape index (κ2) is 8.41. The van der Waals surface area contributed by atoms with Gasteiger partial charge in [-0.2, -0.15) is 0 Å². The Morgan fingerprint density at radius 3 is 2.44 bits per heavy atom. The van der Waals surface area contributed by atoms with Crippen molar-refractivity contribution in [2.24, 2.45) is 17.8 Å². The predicted molar refractivity (Wildman–Crippen MR) is 99.2 cm³/mol. The molecule has 1 saturated carbocycles. The van der Waals surface area contributed by atoms with Crippen LogP contribution in [-0.4, -0.2) is 54.0 Å². The molecule has 2 aliphatic heterocycles. The quantitative estimate of drug-likeness (QED) is 0.850. The molecule has 1 N–H and O–H groups in total. The van der Waals surface area contributed by atoms with E-state index in [1.807, 2.05) is 4.90 Å². The summed E-state index contributed by atoms with van der Waals surface area (Å²) in [6.45, 7) is 7.51. The highest BCUT2D eigenvalue weighted by Crippen LogP contribution is 2.35. The maximum atomic E-state index is 12.6. The number of hydrogen-bond acceptors (Lipinski definition) is 2. The Labute approximate surface area is 152 Å². The number of fused-ring (bicyclic) bond motifs is 1. The van der Waals surface area contributed by atoms with Crippen molar-refractivity contribution in [2.45, 2.75) is 71.3 Å². The fraction of sp³-hybridized carbons (Fsp3) is 0.900. The molecule has 0 spiro atoms. The van der Waals surface area contributed by atoms with Crippen LogP contribution in [0.3, 0.4) is 0 Å². The van der Waals surface area contributed by atoms with E-state index in [9.17, 15) is 9.59 Å². The van der Waals surface area contributed by atoms with Gasteiger partial charge in [0, 0.05) is 38.6 Å². The molecule has 3 rings (SSSR count). The zero-order chi connectivity index (χ0) is 17.8. The third kappa shape index (κ3) is 4.68. The molecular formula is C20H35N3O2. The van der Waals surface area contributed by atoms with Gasteiger partial charge in [-0.3, -0.25) is 4.79 Å². The molecule has 3 aliphatic rings. The van der Waals surface area contributed by atoms with Crippen molar-refractivity contribution in [1.82, 2.24) is 15.1 Å². The van der Waals surface area contributed by atoms with Gasteiger partial charge in [-0.15, -0.1) is 0 Å². The van der Waals surface area contributed by atoms with Crippen molar-refractivity contribution in [3.05, 3.63) is 0 Å². The second-order valence-corrected chi connectivity index (χ2v) is 8.67. The zero-order valence-electron chi connectivity index (χ0n) is 16.0. The third-order valence-corrected chi connectivity index (χ3v) is 6.34. The van der Waals surface area contributed by atoms with E-state index < -0.39 is 0 Å². The van der Waals surface area contributed by atoms with E-state index in [0.29, 0.717) is 36.8 Å². The Morgan fingerprint density at radius 1 is 1.00 bits per heavy atom. The van der Waals surface area contributed by atoms with E-state index in [1.54, 1.807) is 0 Å². The van der Waals surface area contributed by atoms with Gasteiger partial charge in [0.05, 0.1) is 0 Å². The van der Waals surface area contributed by atoms with E-state index in [-0.39, 0.29) is 11.9 Å². The van der Waals surface area contributed by atoms with Crippen molar-refractivity contribution in [1.29, 1.82) is 0 Å². The SMILES string of the molecule is CC1CC(C)CN(C(=O)CCNC(=O)N2CCCC3CCCCC32)C1. The van der Waals surface area contributed by atoms with Crippen LogP contribution in [0.1, 0.15) is 65.2 Å². The molecule has 0 radical (unpaired) electrons. The first-order chi connectivity index (χ1) is 12.0. The highest BCUT2D eigenvalue weighted by Gasteiger charge is 2.35. The minimum Gasteiger partial charge on any atom is -0.342 e. The first-order valence-corrected chi connectivity index (χ1v) is 10.4. The summed E-state index contributed by atoms with van der Waals surface area (Å²) in [4.78, 5) is 29.1. The topological polar surface area (TPSA) is 52.7 Å². The molecule has 4 unspecified atom stereocenters. The van der Waals surface area contributed by atoms with E-state index in [2.05, 4.69) is 24.1 Å². The van der Waals surface area contributed by atoms with Crippen LogP contribution in [0.25, 0.3) is 0 Å². The van der Waals surface area contributed by atoms with Gasteiger partial charge in [0.25, 0.3) is 0 Å². The Kier molecular flexibility index (Phi) is 6.24. The molecule has 3 fully saturated rings. The van der Waals surface area contributed by atoms with Gasteiger partial charge in [0.1, 0.15) is 0 Å². The van der Waals surface area contributed by atoms with Crippen LogP contribution in [-0.2, 0) is 4.79 Å². The molecule has 3 amide bonds.